The first kappa shape index (κ1) is 12.3. The summed E-state index contributed by atoms with van der Waals surface area (Å²) in [5, 5.41) is 4.41. The predicted molar refractivity (Wildman–Crippen MR) is 79.9 cm³/mol. The van der Waals surface area contributed by atoms with Crippen LogP contribution in [0.4, 0.5) is 5.82 Å². The van der Waals surface area contributed by atoms with Crippen LogP contribution in [0.25, 0.3) is 0 Å². The molecular weight excluding hydrogens is 318 g/mol. The van der Waals surface area contributed by atoms with Crippen LogP contribution in [0.1, 0.15) is 30.1 Å². The fourth-order valence-corrected chi connectivity index (χ4v) is 3.58. The summed E-state index contributed by atoms with van der Waals surface area (Å²) in [5.74, 6) is 1.15. The van der Waals surface area contributed by atoms with E-state index < -0.39 is 0 Å². The van der Waals surface area contributed by atoms with Crippen molar-refractivity contribution in [3.63, 3.8) is 0 Å². The van der Waals surface area contributed by atoms with Crippen LogP contribution in [0.5, 0.6) is 0 Å². The van der Waals surface area contributed by atoms with Crippen LogP contribution in [0.3, 0.4) is 0 Å². The van der Waals surface area contributed by atoms with Gasteiger partial charge >= 0.3 is 0 Å². The zero-order valence-corrected chi connectivity index (χ0v) is 12.8. The van der Waals surface area contributed by atoms with Gasteiger partial charge in [0.1, 0.15) is 12.1 Å². The van der Waals surface area contributed by atoms with Crippen molar-refractivity contribution in [3.05, 3.63) is 34.5 Å². The Bertz CT molecular complexity index is 638. The van der Waals surface area contributed by atoms with E-state index in [0.29, 0.717) is 6.04 Å². The topological polar surface area (TPSA) is 46.8 Å². The quantitative estimate of drug-likeness (QED) is 0.846. The Hall–Kier alpha value is -1.43. The molecule has 104 valence electrons. The molecule has 0 spiro atoms. The third-order valence-electron chi connectivity index (χ3n) is 4.26. The maximum absolute atomic E-state index is 4.54. The number of anilines is 1. The molecule has 4 rings (SSSR count). The summed E-state index contributed by atoms with van der Waals surface area (Å²) in [6.45, 7) is 2.03. The highest BCUT2D eigenvalue weighted by Gasteiger charge is 2.28. The summed E-state index contributed by atoms with van der Waals surface area (Å²) in [6, 6.07) is 0.438. The molecule has 0 aromatic carbocycles. The summed E-state index contributed by atoms with van der Waals surface area (Å²) in [5.41, 5.74) is 2.62. The number of fused-ring (bicyclic) bond motifs is 1. The van der Waals surface area contributed by atoms with Gasteiger partial charge in [0.15, 0.2) is 0 Å². The highest BCUT2D eigenvalue weighted by molar-refractivity contribution is 9.10. The Labute approximate surface area is 126 Å². The minimum absolute atomic E-state index is 0.438. The van der Waals surface area contributed by atoms with Gasteiger partial charge in [-0.2, -0.15) is 5.10 Å². The monoisotopic (exact) mass is 333 g/mol. The zero-order chi connectivity index (χ0) is 13.5. The van der Waals surface area contributed by atoms with E-state index in [-0.39, 0.29) is 0 Å². The normalized spacial score (nSPS) is 21.4. The average Bonchev–Trinajstić information content (AvgIpc) is 3.17. The largest absolute Gasteiger partial charge is 0.354 e. The minimum atomic E-state index is 0.438. The molecule has 2 aromatic rings. The van der Waals surface area contributed by atoms with Crippen LogP contribution in [0.2, 0.25) is 0 Å². The second-order valence-electron chi connectivity index (χ2n) is 5.50. The van der Waals surface area contributed by atoms with Crippen LogP contribution < -0.4 is 4.90 Å². The Balaban J connectivity index is 1.58. The number of rotatable bonds is 2. The number of halogens is 1. The lowest BCUT2D eigenvalue weighted by molar-refractivity contribution is 0.494. The van der Waals surface area contributed by atoms with E-state index in [1.54, 1.807) is 6.33 Å². The molecule has 2 aromatic heterocycles. The van der Waals surface area contributed by atoms with Gasteiger partial charge in [0.25, 0.3) is 0 Å². The summed E-state index contributed by atoms with van der Waals surface area (Å²) in [7, 11) is 0. The van der Waals surface area contributed by atoms with Crippen molar-refractivity contribution < 1.29 is 0 Å². The molecule has 1 saturated heterocycles. The molecule has 1 aliphatic heterocycles. The Morgan fingerprint density at radius 1 is 1.25 bits per heavy atom. The Morgan fingerprint density at radius 3 is 3.05 bits per heavy atom. The molecule has 1 aliphatic carbocycles. The van der Waals surface area contributed by atoms with Gasteiger partial charge in [0.2, 0.25) is 0 Å². The van der Waals surface area contributed by atoms with Crippen molar-refractivity contribution >= 4 is 21.7 Å². The van der Waals surface area contributed by atoms with Gasteiger partial charge in [0, 0.05) is 30.5 Å². The molecule has 0 amide bonds. The number of aryl methyl sites for hydroxylation is 1. The summed E-state index contributed by atoms with van der Waals surface area (Å²) < 4.78 is 3.10. The molecule has 1 fully saturated rings. The molecule has 0 saturated carbocycles. The number of aromatic nitrogens is 4. The number of hydrogen-bond acceptors (Lipinski definition) is 4. The third-order valence-corrected chi connectivity index (χ3v) is 4.67. The third kappa shape index (κ3) is 2.02. The van der Waals surface area contributed by atoms with E-state index in [4.69, 9.17) is 0 Å². The van der Waals surface area contributed by atoms with E-state index in [9.17, 15) is 0 Å². The lowest BCUT2D eigenvalue weighted by Crippen LogP contribution is -2.23. The summed E-state index contributed by atoms with van der Waals surface area (Å²) in [6.07, 6.45) is 10.2. The van der Waals surface area contributed by atoms with Crippen molar-refractivity contribution in [2.24, 2.45) is 0 Å². The molecular formula is C14H16BrN5. The smallest absolute Gasteiger partial charge is 0.135 e. The first-order valence-electron chi connectivity index (χ1n) is 7.08. The van der Waals surface area contributed by atoms with Crippen molar-refractivity contribution in [3.8, 4) is 0 Å². The fraction of sp³-hybridized carbons (Fsp3) is 0.500. The Morgan fingerprint density at radius 2 is 2.20 bits per heavy atom. The highest BCUT2D eigenvalue weighted by Crippen LogP contribution is 2.32. The van der Waals surface area contributed by atoms with E-state index in [1.165, 1.54) is 17.7 Å². The van der Waals surface area contributed by atoms with Gasteiger partial charge in [-0.1, -0.05) is 0 Å². The van der Waals surface area contributed by atoms with E-state index in [0.717, 1.165) is 42.6 Å². The van der Waals surface area contributed by atoms with Crippen molar-refractivity contribution in [2.75, 3.05) is 18.0 Å². The molecule has 6 heteroatoms. The van der Waals surface area contributed by atoms with Gasteiger partial charge in [-0.25, -0.2) is 9.97 Å². The molecule has 0 N–H and O–H groups in total. The minimum Gasteiger partial charge on any atom is -0.354 e. The van der Waals surface area contributed by atoms with Gasteiger partial charge in [-0.15, -0.1) is 0 Å². The van der Waals surface area contributed by atoms with Gasteiger partial charge < -0.3 is 4.90 Å². The van der Waals surface area contributed by atoms with Crippen LogP contribution in [0, 0.1) is 0 Å². The second-order valence-corrected chi connectivity index (χ2v) is 6.42. The molecule has 0 bridgehead atoms. The Kier molecular flexibility index (Phi) is 2.98. The zero-order valence-electron chi connectivity index (χ0n) is 11.2. The average molecular weight is 334 g/mol. The van der Waals surface area contributed by atoms with E-state index in [2.05, 4.69) is 46.8 Å². The lowest BCUT2D eigenvalue weighted by atomic mass is 10.2. The lowest BCUT2D eigenvalue weighted by Gasteiger charge is -2.20. The maximum atomic E-state index is 4.54. The first-order chi connectivity index (χ1) is 9.81. The molecule has 3 heterocycles. The van der Waals surface area contributed by atoms with Crippen molar-refractivity contribution in [2.45, 2.75) is 31.7 Å². The molecule has 5 nitrogen and oxygen atoms in total. The highest BCUT2D eigenvalue weighted by atomic mass is 79.9. The summed E-state index contributed by atoms with van der Waals surface area (Å²) >= 11 is 3.46. The second kappa shape index (κ2) is 4.84. The molecule has 0 radical (unpaired) electrons. The van der Waals surface area contributed by atoms with Crippen molar-refractivity contribution in [1.82, 2.24) is 19.7 Å². The fourth-order valence-electron chi connectivity index (χ4n) is 3.28. The molecule has 2 aliphatic rings. The molecule has 20 heavy (non-hydrogen) atoms. The van der Waals surface area contributed by atoms with Gasteiger partial charge in [0.05, 0.1) is 16.7 Å². The SMILES string of the molecule is Brc1cnn(C2CCN(c3ncnc4c3CCC4)C2)c1. The van der Waals surface area contributed by atoms with Crippen LogP contribution in [0.15, 0.2) is 23.2 Å². The molecule has 1 atom stereocenters. The number of nitrogens with zero attached hydrogens (tertiary/aromatic N) is 5. The predicted octanol–water partition coefficient (Wildman–Crippen LogP) is 2.38. The first-order valence-corrected chi connectivity index (χ1v) is 7.88. The van der Waals surface area contributed by atoms with Crippen LogP contribution in [-0.4, -0.2) is 32.8 Å². The van der Waals surface area contributed by atoms with Gasteiger partial charge in [-0.3, -0.25) is 4.68 Å². The van der Waals surface area contributed by atoms with Crippen molar-refractivity contribution in [1.29, 1.82) is 0 Å². The molecule has 1 unspecified atom stereocenters. The van der Waals surface area contributed by atoms with E-state index in [1.807, 2.05) is 6.20 Å². The van der Waals surface area contributed by atoms with Crippen LogP contribution in [-0.2, 0) is 12.8 Å². The standard InChI is InChI=1S/C14H16BrN5/c15-10-6-18-20(7-10)11-4-5-19(8-11)14-12-2-1-3-13(12)16-9-17-14/h6-7,9,11H,1-5,8H2. The van der Waals surface area contributed by atoms with Crippen LogP contribution >= 0.6 is 15.9 Å². The number of hydrogen-bond donors (Lipinski definition) is 0. The van der Waals surface area contributed by atoms with E-state index >= 15 is 0 Å². The maximum Gasteiger partial charge on any atom is 0.135 e. The van der Waals surface area contributed by atoms with Gasteiger partial charge in [-0.05, 0) is 41.6 Å². The summed E-state index contributed by atoms with van der Waals surface area (Å²) in [4.78, 5) is 11.3.